The number of hydrogen-bond acceptors (Lipinski definition) is 4. The molecule has 2 aromatic carbocycles. The molecule has 1 aliphatic rings. The molecule has 0 aliphatic carbocycles. The standard InChI is InChI=1S/C22H25N3O4/c1-15(26)23-20(16-8-10-19(29-2)11-9-16)14-21(27)24-17-5-3-6-18(13-17)25-12-4-7-22(25)28/h3,5-6,8-11,13,20H,4,7,12,14H2,1-2H3,(H,23,26)(H,24,27)/t20-/m1/s1. The Morgan fingerprint density at radius 3 is 2.55 bits per heavy atom. The molecule has 1 aliphatic heterocycles. The summed E-state index contributed by atoms with van der Waals surface area (Å²) >= 11 is 0. The number of amides is 3. The van der Waals surface area contributed by atoms with Gasteiger partial charge in [-0.15, -0.1) is 0 Å². The molecule has 1 atom stereocenters. The maximum Gasteiger partial charge on any atom is 0.227 e. The summed E-state index contributed by atoms with van der Waals surface area (Å²) in [6.45, 7) is 2.11. The fourth-order valence-corrected chi connectivity index (χ4v) is 3.40. The lowest BCUT2D eigenvalue weighted by Gasteiger charge is -2.19. The molecule has 0 radical (unpaired) electrons. The van der Waals surface area contributed by atoms with E-state index in [9.17, 15) is 14.4 Å². The van der Waals surface area contributed by atoms with Crippen molar-refractivity contribution in [1.82, 2.24) is 5.32 Å². The van der Waals surface area contributed by atoms with Crippen LogP contribution in [0.1, 0.15) is 37.8 Å². The molecule has 2 N–H and O–H groups in total. The molecule has 1 saturated heterocycles. The predicted octanol–water partition coefficient (Wildman–Crippen LogP) is 3.03. The summed E-state index contributed by atoms with van der Waals surface area (Å²) in [6, 6.07) is 14.0. The van der Waals surface area contributed by atoms with Crippen LogP contribution in [0.5, 0.6) is 5.75 Å². The Bertz CT molecular complexity index is 895. The highest BCUT2D eigenvalue weighted by Crippen LogP contribution is 2.25. The molecule has 0 spiro atoms. The predicted molar refractivity (Wildman–Crippen MR) is 111 cm³/mol. The van der Waals surface area contributed by atoms with Gasteiger partial charge in [-0.25, -0.2) is 0 Å². The molecule has 0 bridgehead atoms. The number of methoxy groups -OCH3 is 1. The smallest absolute Gasteiger partial charge is 0.227 e. The number of anilines is 2. The minimum atomic E-state index is -0.457. The first-order valence-corrected chi connectivity index (χ1v) is 9.57. The van der Waals surface area contributed by atoms with Gasteiger partial charge in [0, 0.05) is 31.3 Å². The minimum absolute atomic E-state index is 0.0821. The summed E-state index contributed by atoms with van der Waals surface area (Å²) < 4.78 is 5.16. The Labute approximate surface area is 170 Å². The number of hydrogen-bond donors (Lipinski definition) is 2. The van der Waals surface area contributed by atoms with Crippen LogP contribution in [0.2, 0.25) is 0 Å². The van der Waals surface area contributed by atoms with Gasteiger partial charge in [0.25, 0.3) is 0 Å². The zero-order valence-corrected chi connectivity index (χ0v) is 16.6. The van der Waals surface area contributed by atoms with E-state index < -0.39 is 6.04 Å². The van der Waals surface area contributed by atoms with Crippen molar-refractivity contribution in [1.29, 1.82) is 0 Å². The second-order valence-corrected chi connectivity index (χ2v) is 6.98. The van der Waals surface area contributed by atoms with E-state index in [0.717, 1.165) is 17.7 Å². The number of carbonyl (C=O) groups is 3. The van der Waals surface area contributed by atoms with Gasteiger partial charge in [0.2, 0.25) is 17.7 Å². The van der Waals surface area contributed by atoms with Gasteiger partial charge in [-0.2, -0.15) is 0 Å². The Balaban J connectivity index is 1.69. The maximum absolute atomic E-state index is 12.6. The van der Waals surface area contributed by atoms with E-state index in [4.69, 9.17) is 4.74 Å². The van der Waals surface area contributed by atoms with E-state index >= 15 is 0 Å². The Morgan fingerprint density at radius 2 is 1.93 bits per heavy atom. The minimum Gasteiger partial charge on any atom is -0.497 e. The fourth-order valence-electron chi connectivity index (χ4n) is 3.40. The summed E-state index contributed by atoms with van der Waals surface area (Å²) in [5.74, 6) is 0.351. The molecule has 3 rings (SSSR count). The maximum atomic E-state index is 12.6. The molecule has 152 valence electrons. The third-order valence-electron chi connectivity index (χ3n) is 4.80. The molecule has 0 unspecified atom stereocenters. The molecule has 1 fully saturated rings. The van der Waals surface area contributed by atoms with Crippen LogP contribution >= 0.6 is 0 Å². The van der Waals surface area contributed by atoms with Crippen molar-refractivity contribution in [2.45, 2.75) is 32.2 Å². The largest absolute Gasteiger partial charge is 0.497 e. The molecular weight excluding hydrogens is 370 g/mol. The fraction of sp³-hybridized carbons (Fsp3) is 0.318. The van der Waals surface area contributed by atoms with E-state index in [-0.39, 0.29) is 24.1 Å². The highest BCUT2D eigenvalue weighted by atomic mass is 16.5. The lowest BCUT2D eigenvalue weighted by molar-refractivity contribution is -0.120. The van der Waals surface area contributed by atoms with E-state index in [1.54, 1.807) is 36.3 Å². The Morgan fingerprint density at radius 1 is 1.17 bits per heavy atom. The van der Waals surface area contributed by atoms with Crippen LogP contribution in [0.4, 0.5) is 11.4 Å². The van der Waals surface area contributed by atoms with Gasteiger partial charge in [0.1, 0.15) is 5.75 Å². The summed E-state index contributed by atoms with van der Waals surface area (Å²) in [5, 5.41) is 5.68. The van der Waals surface area contributed by atoms with Gasteiger partial charge in [-0.1, -0.05) is 18.2 Å². The van der Waals surface area contributed by atoms with E-state index in [1.165, 1.54) is 6.92 Å². The van der Waals surface area contributed by atoms with E-state index in [1.807, 2.05) is 24.3 Å². The van der Waals surface area contributed by atoms with Gasteiger partial charge in [-0.3, -0.25) is 14.4 Å². The number of ether oxygens (including phenoxy) is 1. The third-order valence-corrected chi connectivity index (χ3v) is 4.80. The summed E-state index contributed by atoms with van der Waals surface area (Å²) in [7, 11) is 1.58. The second kappa shape index (κ2) is 9.23. The van der Waals surface area contributed by atoms with Crippen LogP contribution in [0, 0.1) is 0 Å². The zero-order valence-electron chi connectivity index (χ0n) is 16.6. The average molecular weight is 395 g/mol. The normalized spacial score (nSPS) is 14.4. The van der Waals surface area contributed by atoms with Crippen LogP contribution in [0.3, 0.4) is 0 Å². The number of benzene rings is 2. The van der Waals surface area contributed by atoms with Crippen molar-refractivity contribution in [3.8, 4) is 5.75 Å². The van der Waals surface area contributed by atoms with Crippen molar-refractivity contribution in [2.24, 2.45) is 0 Å². The van der Waals surface area contributed by atoms with E-state index in [2.05, 4.69) is 10.6 Å². The summed E-state index contributed by atoms with van der Waals surface area (Å²) in [6.07, 6.45) is 1.48. The number of nitrogens with zero attached hydrogens (tertiary/aromatic N) is 1. The van der Waals surface area contributed by atoms with Crippen molar-refractivity contribution in [3.05, 3.63) is 54.1 Å². The lowest BCUT2D eigenvalue weighted by Crippen LogP contribution is -2.29. The second-order valence-electron chi connectivity index (χ2n) is 6.98. The number of carbonyl (C=O) groups excluding carboxylic acids is 3. The quantitative estimate of drug-likeness (QED) is 0.754. The molecule has 29 heavy (non-hydrogen) atoms. The molecule has 0 saturated carbocycles. The topological polar surface area (TPSA) is 87.7 Å². The van der Waals surface area contributed by atoms with Crippen LogP contribution < -0.4 is 20.3 Å². The molecule has 1 heterocycles. The Hall–Kier alpha value is -3.35. The zero-order chi connectivity index (χ0) is 20.8. The van der Waals surface area contributed by atoms with Gasteiger partial charge < -0.3 is 20.3 Å². The third kappa shape index (κ3) is 5.34. The first-order chi connectivity index (χ1) is 14.0. The highest BCUT2D eigenvalue weighted by molar-refractivity contribution is 5.97. The van der Waals surface area contributed by atoms with Gasteiger partial charge in [0.15, 0.2) is 0 Å². The van der Waals surface area contributed by atoms with Crippen LogP contribution in [-0.2, 0) is 14.4 Å². The van der Waals surface area contributed by atoms with Gasteiger partial charge >= 0.3 is 0 Å². The van der Waals surface area contributed by atoms with Crippen molar-refractivity contribution in [3.63, 3.8) is 0 Å². The molecule has 0 aromatic heterocycles. The molecule has 2 aromatic rings. The molecular formula is C22H25N3O4. The molecule has 3 amide bonds. The lowest BCUT2D eigenvalue weighted by atomic mass is 10.0. The van der Waals surface area contributed by atoms with Crippen molar-refractivity contribution < 1.29 is 19.1 Å². The van der Waals surface area contributed by atoms with Crippen molar-refractivity contribution >= 4 is 29.1 Å². The van der Waals surface area contributed by atoms with Crippen LogP contribution in [0.25, 0.3) is 0 Å². The first-order valence-electron chi connectivity index (χ1n) is 9.57. The van der Waals surface area contributed by atoms with Crippen molar-refractivity contribution in [2.75, 3.05) is 23.9 Å². The number of nitrogens with one attached hydrogen (secondary N) is 2. The summed E-state index contributed by atoms with van der Waals surface area (Å²) in [5.41, 5.74) is 2.20. The van der Waals surface area contributed by atoms with Gasteiger partial charge in [-0.05, 0) is 42.3 Å². The first kappa shape index (κ1) is 20.4. The van der Waals surface area contributed by atoms with Crippen LogP contribution in [0.15, 0.2) is 48.5 Å². The molecule has 7 nitrogen and oxygen atoms in total. The summed E-state index contributed by atoms with van der Waals surface area (Å²) in [4.78, 5) is 37.9. The van der Waals surface area contributed by atoms with E-state index in [0.29, 0.717) is 24.4 Å². The van der Waals surface area contributed by atoms with Gasteiger partial charge in [0.05, 0.1) is 19.6 Å². The monoisotopic (exact) mass is 395 g/mol. The Kier molecular flexibility index (Phi) is 6.49. The average Bonchev–Trinajstić information content (AvgIpc) is 3.13. The number of rotatable bonds is 7. The SMILES string of the molecule is COc1ccc([C@@H](CC(=O)Nc2cccc(N3CCCC3=O)c2)NC(C)=O)cc1. The van der Waals surface area contributed by atoms with Crippen LogP contribution in [-0.4, -0.2) is 31.4 Å². The highest BCUT2D eigenvalue weighted by Gasteiger charge is 2.22. The molecule has 7 heteroatoms.